The maximum absolute atomic E-state index is 14.3. The minimum atomic E-state index is -2.87. The Labute approximate surface area is 367 Å². The third kappa shape index (κ3) is 7.96. The summed E-state index contributed by atoms with van der Waals surface area (Å²) in [5, 5.41) is 13.6. The quantitative estimate of drug-likeness (QED) is 0.152. The zero-order valence-corrected chi connectivity index (χ0v) is 35.8. The minimum absolute atomic E-state index is 0.0114. The Balaban J connectivity index is 0.711. The van der Waals surface area contributed by atoms with Crippen molar-refractivity contribution in [3.8, 4) is 11.8 Å². The highest BCUT2D eigenvalue weighted by molar-refractivity contribution is 6.08. The molecule has 4 saturated heterocycles. The molecule has 4 aliphatic heterocycles. The van der Waals surface area contributed by atoms with E-state index in [0.717, 1.165) is 70.5 Å². The number of nitrogens with zero attached hydrogens (tertiary/aromatic N) is 9. The largest absolute Gasteiger partial charge is 0.374 e. The molecule has 4 aromatic heterocycles. The number of aryl methyl sites for hydroxylation is 1. The van der Waals surface area contributed by atoms with Crippen LogP contribution < -0.4 is 21.2 Å². The standard InChI is InChI=1S/C45H51F2N11O6/c1-26-21-54(16-14-36(26)63-18-4-6-28-5-3-7-34-40(28)53(2)45(62)58(34)35-12-13-38(59)51-44(35)61)22-27-8-10-29(11-9-27)57-24-33(39(52-57)41(46)47)49-43(60)32-20-48-56-17-15-37(50-42(32)56)55-23-31-19-30(55)25-64-31/h3,5,7,15,17,20,24,26-27,29-31,35-36,41H,8-14,16,18-19,21-23,25H2,1-2H3,(H,49,60)(H,51,59,61)/t26-,27?,29?,30+,31+,35+,36-/m0/s1. The van der Waals surface area contributed by atoms with Gasteiger partial charge in [0.2, 0.25) is 11.8 Å². The summed E-state index contributed by atoms with van der Waals surface area (Å²) in [6.07, 6.45) is 7.77. The molecule has 5 fully saturated rings. The lowest BCUT2D eigenvalue weighted by Gasteiger charge is -2.39. The van der Waals surface area contributed by atoms with Crippen LogP contribution in [0.15, 0.2) is 47.7 Å². The number of nitrogens with one attached hydrogen (secondary N) is 2. The second-order valence-corrected chi connectivity index (χ2v) is 18.0. The minimum Gasteiger partial charge on any atom is -0.374 e. The molecule has 64 heavy (non-hydrogen) atoms. The predicted octanol–water partition coefficient (Wildman–Crippen LogP) is 4.23. The number of fused-ring (bicyclic) bond motifs is 4. The summed E-state index contributed by atoms with van der Waals surface area (Å²) in [5.74, 6) is 6.42. The van der Waals surface area contributed by atoms with Crippen LogP contribution in [-0.4, -0.2) is 114 Å². The number of anilines is 2. The number of imide groups is 1. The van der Waals surface area contributed by atoms with Gasteiger partial charge >= 0.3 is 5.69 Å². The van der Waals surface area contributed by atoms with Gasteiger partial charge in [0.25, 0.3) is 12.3 Å². The first-order valence-corrected chi connectivity index (χ1v) is 22.3. The number of rotatable bonds is 10. The molecule has 1 aliphatic carbocycles. The van der Waals surface area contributed by atoms with Crippen molar-refractivity contribution in [1.29, 1.82) is 0 Å². The zero-order chi connectivity index (χ0) is 44.2. The van der Waals surface area contributed by atoms with Crippen molar-refractivity contribution in [2.24, 2.45) is 18.9 Å². The highest BCUT2D eigenvalue weighted by Crippen LogP contribution is 2.37. The fourth-order valence-corrected chi connectivity index (χ4v) is 10.5. The molecule has 0 radical (unpaired) electrons. The summed E-state index contributed by atoms with van der Waals surface area (Å²) in [4.78, 5) is 60.6. The Morgan fingerprint density at radius 2 is 1.92 bits per heavy atom. The Morgan fingerprint density at radius 1 is 1.08 bits per heavy atom. The molecular formula is C45H51F2N11O6. The number of amides is 3. The monoisotopic (exact) mass is 879 g/mol. The number of likely N-dealkylation sites (tertiary alicyclic amines) is 1. The van der Waals surface area contributed by atoms with E-state index in [-0.39, 0.29) is 72.5 Å². The van der Waals surface area contributed by atoms with Crippen LogP contribution in [0.25, 0.3) is 16.7 Å². The first kappa shape index (κ1) is 42.0. The maximum Gasteiger partial charge on any atom is 0.329 e. The van der Waals surface area contributed by atoms with Crippen LogP contribution in [0.1, 0.15) is 98.4 Å². The molecule has 3 amide bonds. The molecule has 336 valence electrons. The number of benzene rings is 1. The van der Waals surface area contributed by atoms with Crippen molar-refractivity contribution < 1.29 is 32.6 Å². The first-order valence-electron chi connectivity index (χ1n) is 22.3. The number of carbonyl (C=O) groups is 3. The van der Waals surface area contributed by atoms with E-state index < -0.39 is 30.0 Å². The molecule has 5 aromatic rings. The number of aromatic nitrogens is 7. The van der Waals surface area contributed by atoms with Crippen LogP contribution in [0, 0.1) is 23.7 Å². The molecule has 5 atom stereocenters. The molecule has 8 heterocycles. The van der Waals surface area contributed by atoms with Crippen molar-refractivity contribution in [2.75, 3.05) is 49.6 Å². The summed E-state index contributed by atoms with van der Waals surface area (Å²) >= 11 is 0. The van der Waals surface area contributed by atoms with Crippen LogP contribution in [0.3, 0.4) is 0 Å². The lowest BCUT2D eigenvalue weighted by molar-refractivity contribution is -0.135. The smallest absolute Gasteiger partial charge is 0.329 e. The van der Waals surface area contributed by atoms with Gasteiger partial charge in [-0.05, 0) is 75.0 Å². The fourth-order valence-electron chi connectivity index (χ4n) is 10.5. The van der Waals surface area contributed by atoms with Crippen molar-refractivity contribution in [3.63, 3.8) is 0 Å². The van der Waals surface area contributed by atoms with E-state index in [0.29, 0.717) is 34.8 Å². The number of piperidine rings is 2. The normalized spacial score (nSPS) is 26.2. The fraction of sp³-hybridized carbons (Fsp3) is 0.533. The Hall–Kier alpha value is -5.97. The van der Waals surface area contributed by atoms with E-state index in [4.69, 9.17) is 14.5 Å². The molecule has 0 spiro atoms. The number of imidazole rings is 1. The number of morpholine rings is 1. The van der Waals surface area contributed by atoms with E-state index in [2.05, 4.69) is 49.4 Å². The number of alkyl halides is 2. The molecule has 10 rings (SSSR count). The molecule has 2 bridgehead atoms. The number of ether oxygens (including phenoxy) is 2. The summed E-state index contributed by atoms with van der Waals surface area (Å²) in [6, 6.07) is 6.73. The lowest BCUT2D eigenvalue weighted by Crippen LogP contribution is -2.45. The molecule has 17 nitrogen and oxygen atoms in total. The van der Waals surface area contributed by atoms with Gasteiger partial charge in [-0.1, -0.05) is 24.8 Å². The van der Waals surface area contributed by atoms with Gasteiger partial charge in [0.1, 0.15) is 24.0 Å². The Bertz CT molecular complexity index is 2740. The number of halogens is 2. The summed E-state index contributed by atoms with van der Waals surface area (Å²) in [5.41, 5.74) is 1.62. The summed E-state index contributed by atoms with van der Waals surface area (Å²) in [7, 11) is 1.66. The molecule has 1 saturated carbocycles. The highest BCUT2D eigenvalue weighted by atomic mass is 19.3. The number of hydrogen-bond acceptors (Lipinski definition) is 11. The molecule has 2 N–H and O–H groups in total. The molecule has 19 heteroatoms. The summed E-state index contributed by atoms with van der Waals surface area (Å²) < 4.78 is 46.7. The van der Waals surface area contributed by atoms with Crippen LogP contribution in [0.5, 0.6) is 0 Å². The molecular weight excluding hydrogens is 829 g/mol. The van der Waals surface area contributed by atoms with Crippen molar-refractivity contribution in [1.82, 2.24) is 43.7 Å². The van der Waals surface area contributed by atoms with Crippen LogP contribution >= 0.6 is 0 Å². The van der Waals surface area contributed by atoms with E-state index in [1.165, 1.54) is 26.0 Å². The van der Waals surface area contributed by atoms with Gasteiger partial charge < -0.3 is 24.6 Å². The van der Waals surface area contributed by atoms with Crippen molar-refractivity contribution in [2.45, 2.75) is 95.0 Å². The van der Waals surface area contributed by atoms with Gasteiger partial charge in [-0.3, -0.25) is 33.5 Å². The van der Waals surface area contributed by atoms with Crippen molar-refractivity contribution in [3.05, 3.63) is 70.2 Å². The van der Waals surface area contributed by atoms with E-state index >= 15 is 0 Å². The first-order chi connectivity index (χ1) is 31.0. The number of carbonyl (C=O) groups excluding carboxylic acids is 3. The van der Waals surface area contributed by atoms with Crippen LogP contribution in [-0.2, 0) is 26.1 Å². The van der Waals surface area contributed by atoms with Gasteiger partial charge in [-0.25, -0.2) is 23.1 Å². The SMILES string of the molecule is C[C@H]1CN(CC2CCC(n3cc(NC(=O)c4cnn5ccc(N6C[C@H]7C[C@@H]6CO7)nc45)c(C(F)F)n3)CC2)CC[C@@H]1OCC#Cc1cccc2c1n(C)c(=O)n2[C@@H]1CCC(=O)NC1=O. The average molecular weight is 880 g/mol. The topological polar surface area (TPSA) is 175 Å². The number of para-hydroxylation sites is 1. The second-order valence-electron chi connectivity index (χ2n) is 18.0. The molecule has 1 aromatic carbocycles. The second kappa shape index (κ2) is 17.2. The van der Waals surface area contributed by atoms with Crippen LogP contribution in [0.2, 0.25) is 0 Å². The summed E-state index contributed by atoms with van der Waals surface area (Å²) in [6.45, 7) is 6.55. The zero-order valence-electron chi connectivity index (χ0n) is 35.8. The van der Waals surface area contributed by atoms with Gasteiger partial charge in [0, 0.05) is 52.0 Å². The van der Waals surface area contributed by atoms with E-state index in [1.54, 1.807) is 24.0 Å². The Kier molecular flexibility index (Phi) is 11.3. The van der Waals surface area contributed by atoms with Gasteiger partial charge in [0.15, 0.2) is 11.3 Å². The van der Waals surface area contributed by atoms with Gasteiger partial charge in [-0.2, -0.15) is 10.2 Å². The Morgan fingerprint density at radius 3 is 2.67 bits per heavy atom. The lowest BCUT2D eigenvalue weighted by atomic mass is 9.85. The third-order valence-electron chi connectivity index (χ3n) is 13.8. The van der Waals surface area contributed by atoms with Gasteiger partial charge in [0.05, 0.1) is 59.4 Å². The molecule has 0 unspecified atom stereocenters. The highest BCUT2D eigenvalue weighted by Gasteiger charge is 2.40. The number of hydrogen-bond donors (Lipinski definition) is 2. The van der Waals surface area contributed by atoms with Crippen LogP contribution in [0.4, 0.5) is 20.3 Å². The third-order valence-corrected chi connectivity index (χ3v) is 13.8. The molecule has 5 aliphatic rings. The van der Waals surface area contributed by atoms with Crippen molar-refractivity contribution >= 4 is 45.9 Å². The van der Waals surface area contributed by atoms with Gasteiger partial charge in [-0.15, -0.1) is 0 Å². The maximum atomic E-state index is 14.3. The van der Waals surface area contributed by atoms with E-state index in [1.807, 2.05) is 18.2 Å². The van der Waals surface area contributed by atoms with E-state index in [9.17, 15) is 28.0 Å². The average Bonchev–Trinajstić information content (AvgIpc) is 4.13. The predicted molar refractivity (Wildman–Crippen MR) is 230 cm³/mol.